The molecule has 0 spiro atoms. The van der Waals surface area contributed by atoms with Gasteiger partial charge in [0.25, 0.3) is 0 Å². The standard InChI is InChI=1S/C16H19F2NO2/c1-11(2)8-19-9-13-4-5-14(21-13)10-20-16-7-12(17)3-6-15(16)18/h3-7,11,19H,8-10H2,1-2H3. The molecule has 1 aromatic heterocycles. The monoisotopic (exact) mass is 295 g/mol. The average molecular weight is 295 g/mol. The van der Waals surface area contributed by atoms with E-state index in [9.17, 15) is 8.78 Å². The van der Waals surface area contributed by atoms with Crippen LogP contribution in [-0.4, -0.2) is 6.54 Å². The summed E-state index contributed by atoms with van der Waals surface area (Å²) in [6.45, 7) is 5.85. The Balaban J connectivity index is 1.86. The molecule has 0 radical (unpaired) electrons. The van der Waals surface area contributed by atoms with Crippen LogP contribution < -0.4 is 10.1 Å². The Bertz CT molecular complexity index is 581. The number of halogens is 2. The van der Waals surface area contributed by atoms with Crippen LogP contribution in [0.4, 0.5) is 8.78 Å². The predicted octanol–water partition coefficient (Wildman–Crippen LogP) is 3.88. The van der Waals surface area contributed by atoms with Crippen molar-refractivity contribution in [1.29, 1.82) is 0 Å². The molecule has 0 aliphatic heterocycles. The zero-order valence-electron chi connectivity index (χ0n) is 12.2. The first-order valence-corrected chi connectivity index (χ1v) is 6.90. The highest BCUT2D eigenvalue weighted by Gasteiger charge is 2.07. The van der Waals surface area contributed by atoms with Gasteiger partial charge in [0.15, 0.2) is 11.6 Å². The predicted molar refractivity (Wildman–Crippen MR) is 75.9 cm³/mol. The number of hydrogen-bond acceptors (Lipinski definition) is 3. The molecule has 3 nitrogen and oxygen atoms in total. The highest BCUT2D eigenvalue weighted by atomic mass is 19.1. The molecule has 0 saturated heterocycles. The van der Waals surface area contributed by atoms with Crippen LogP contribution in [0.25, 0.3) is 0 Å². The molecule has 1 aromatic carbocycles. The first-order valence-electron chi connectivity index (χ1n) is 6.90. The topological polar surface area (TPSA) is 34.4 Å². The first-order chi connectivity index (χ1) is 10.0. The van der Waals surface area contributed by atoms with E-state index in [-0.39, 0.29) is 12.4 Å². The molecule has 0 unspecified atom stereocenters. The third kappa shape index (κ3) is 4.86. The van der Waals surface area contributed by atoms with Crippen LogP contribution in [0.2, 0.25) is 0 Å². The van der Waals surface area contributed by atoms with Crippen LogP contribution in [0.5, 0.6) is 5.75 Å². The molecule has 0 fully saturated rings. The lowest BCUT2D eigenvalue weighted by atomic mass is 10.2. The highest BCUT2D eigenvalue weighted by molar-refractivity contribution is 5.25. The SMILES string of the molecule is CC(C)CNCc1ccc(COc2cc(F)ccc2F)o1. The van der Waals surface area contributed by atoms with Gasteiger partial charge in [0.05, 0.1) is 6.54 Å². The number of nitrogens with one attached hydrogen (secondary N) is 1. The lowest BCUT2D eigenvalue weighted by Crippen LogP contribution is -2.18. The molecule has 5 heteroatoms. The third-order valence-corrected chi connectivity index (χ3v) is 2.83. The van der Waals surface area contributed by atoms with Gasteiger partial charge in [0, 0.05) is 6.07 Å². The van der Waals surface area contributed by atoms with E-state index in [2.05, 4.69) is 19.2 Å². The molecule has 1 heterocycles. The number of ether oxygens (including phenoxy) is 1. The van der Waals surface area contributed by atoms with Crippen molar-refractivity contribution in [3.05, 3.63) is 53.5 Å². The van der Waals surface area contributed by atoms with Crippen LogP contribution in [0.3, 0.4) is 0 Å². The minimum atomic E-state index is -0.596. The van der Waals surface area contributed by atoms with Crippen molar-refractivity contribution >= 4 is 0 Å². The zero-order chi connectivity index (χ0) is 15.2. The van der Waals surface area contributed by atoms with E-state index in [0.29, 0.717) is 18.2 Å². The van der Waals surface area contributed by atoms with E-state index in [4.69, 9.17) is 9.15 Å². The maximum absolute atomic E-state index is 13.4. The Hall–Kier alpha value is -1.88. The van der Waals surface area contributed by atoms with E-state index in [1.54, 1.807) is 6.07 Å². The van der Waals surface area contributed by atoms with Gasteiger partial charge in [0.2, 0.25) is 0 Å². The molecule has 0 aliphatic carbocycles. The first kappa shape index (κ1) is 15.5. The second kappa shape index (κ2) is 7.22. The van der Waals surface area contributed by atoms with Gasteiger partial charge in [-0.1, -0.05) is 13.8 Å². The normalized spacial score (nSPS) is 11.1. The molecular weight excluding hydrogens is 276 g/mol. The molecular formula is C16H19F2NO2. The van der Waals surface area contributed by atoms with E-state index in [1.165, 1.54) is 0 Å². The summed E-state index contributed by atoms with van der Waals surface area (Å²) in [5.41, 5.74) is 0. The highest BCUT2D eigenvalue weighted by Crippen LogP contribution is 2.20. The fourth-order valence-electron chi connectivity index (χ4n) is 1.82. The lowest BCUT2D eigenvalue weighted by molar-refractivity contribution is 0.253. The van der Waals surface area contributed by atoms with Crippen LogP contribution in [0.15, 0.2) is 34.7 Å². The summed E-state index contributed by atoms with van der Waals surface area (Å²) < 4.78 is 37.2. The molecule has 0 aliphatic rings. The van der Waals surface area contributed by atoms with Gasteiger partial charge in [-0.3, -0.25) is 0 Å². The quantitative estimate of drug-likeness (QED) is 0.841. The molecule has 0 atom stereocenters. The van der Waals surface area contributed by atoms with E-state index >= 15 is 0 Å². The molecule has 2 aromatic rings. The maximum Gasteiger partial charge on any atom is 0.165 e. The van der Waals surface area contributed by atoms with Crippen molar-refractivity contribution in [3.8, 4) is 5.75 Å². The van der Waals surface area contributed by atoms with Gasteiger partial charge in [-0.15, -0.1) is 0 Å². The maximum atomic E-state index is 13.4. The Morgan fingerprint density at radius 1 is 1.14 bits per heavy atom. The van der Waals surface area contributed by atoms with Crippen LogP contribution in [-0.2, 0) is 13.2 Å². The van der Waals surface area contributed by atoms with Crippen LogP contribution >= 0.6 is 0 Å². The molecule has 21 heavy (non-hydrogen) atoms. The zero-order valence-corrected chi connectivity index (χ0v) is 12.2. The molecule has 0 bridgehead atoms. The Morgan fingerprint density at radius 2 is 1.90 bits per heavy atom. The smallest absolute Gasteiger partial charge is 0.165 e. The Kier molecular flexibility index (Phi) is 5.33. The fourth-order valence-corrected chi connectivity index (χ4v) is 1.82. The van der Waals surface area contributed by atoms with Gasteiger partial charge in [-0.05, 0) is 36.7 Å². The van der Waals surface area contributed by atoms with E-state index in [0.717, 1.165) is 30.5 Å². The van der Waals surface area contributed by atoms with Crippen LogP contribution in [0, 0.1) is 17.6 Å². The molecule has 2 rings (SSSR count). The van der Waals surface area contributed by atoms with Gasteiger partial charge in [-0.2, -0.15) is 0 Å². The summed E-state index contributed by atoms with van der Waals surface area (Å²) in [7, 11) is 0. The van der Waals surface area contributed by atoms with Crippen molar-refractivity contribution in [3.63, 3.8) is 0 Å². The van der Waals surface area contributed by atoms with Gasteiger partial charge in [-0.25, -0.2) is 8.78 Å². The van der Waals surface area contributed by atoms with Gasteiger partial charge >= 0.3 is 0 Å². The van der Waals surface area contributed by atoms with Crippen molar-refractivity contribution in [2.45, 2.75) is 27.0 Å². The largest absolute Gasteiger partial charge is 0.482 e. The summed E-state index contributed by atoms with van der Waals surface area (Å²) >= 11 is 0. The average Bonchev–Trinajstić information content (AvgIpc) is 2.87. The Morgan fingerprint density at radius 3 is 2.67 bits per heavy atom. The molecule has 1 N–H and O–H groups in total. The summed E-state index contributed by atoms with van der Waals surface area (Å²) in [4.78, 5) is 0. The summed E-state index contributed by atoms with van der Waals surface area (Å²) in [5, 5.41) is 3.26. The molecule has 0 amide bonds. The fraction of sp³-hybridized carbons (Fsp3) is 0.375. The lowest BCUT2D eigenvalue weighted by Gasteiger charge is -2.06. The van der Waals surface area contributed by atoms with Crippen LogP contribution in [0.1, 0.15) is 25.4 Å². The number of rotatable bonds is 7. The van der Waals surface area contributed by atoms with E-state index in [1.807, 2.05) is 6.07 Å². The van der Waals surface area contributed by atoms with Gasteiger partial charge in [0.1, 0.15) is 23.9 Å². The minimum Gasteiger partial charge on any atom is -0.482 e. The second-order valence-electron chi connectivity index (χ2n) is 5.26. The number of benzene rings is 1. The molecule has 0 saturated carbocycles. The number of hydrogen-bond donors (Lipinski definition) is 1. The summed E-state index contributed by atoms with van der Waals surface area (Å²) in [5.74, 6) is 0.671. The van der Waals surface area contributed by atoms with Gasteiger partial charge < -0.3 is 14.5 Å². The third-order valence-electron chi connectivity index (χ3n) is 2.83. The summed E-state index contributed by atoms with van der Waals surface area (Å²) in [6.07, 6.45) is 0. The van der Waals surface area contributed by atoms with Crippen molar-refractivity contribution in [2.24, 2.45) is 5.92 Å². The summed E-state index contributed by atoms with van der Waals surface area (Å²) in [6, 6.07) is 6.71. The second-order valence-corrected chi connectivity index (χ2v) is 5.26. The Labute approximate surface area is 122 Å². The number of furan rings is 1. The van der Waals surface area contributed by atoms with Crippen molar-refractivity contribution in [2.75, 3.05) is 6.54 Å². The van der Waals surface area contributed by atoms with E-state index < -0.39 is 11.6 Å². The van der Waals surface area contributed by atoms with Crippen molar-refractivity contribution in [1.82, 2.24) is 5.32 Å². The van der Waals surface area contributed by atoms with Crippen molar-refractivity contribution < 1.29 is 17.9 Å². The minimum absolute atomic E-state index is 0.0601. The molecule has 114 valence electrons.